The second-order valence-electron chi connectivity index (χ2n) is 14.8. The Morgan fingerprint density at radius 3 is 1.81 bits per heavy atom. The van der Waals surface area contributed by atoms with Gasteiger partial charge in [-0.25, -0.2) is 0 Å². The molecular weight excluding hydrogens is 689 g/mol. The fourth-order valence-electron chi connectivity index (χ4n) is 7.93. The highest BCUT2D eigenvalue weighted by atomic mass is 16.3. The molecule has 0 radical (unpaired) electrons. The zero-order chi connectivity index (χ0) is 39.1. The van der Waals surface area contributed by atoms with Crippen LogP contribution in [0.1, 0.15) is 56.7 Å². The van der Waals surface area contributed by atoms with Crippen LogP contribution in [0.15, 0.2) is 199 Å². The maximum atomic E-state index is 6.34. The summed E-state index contributed by atoms with van der Waals surface area (Å²) in [7, 11) is 0. The van der Waals surface area contributed by atoms with E-state index in [1.54, 1.807) is 0 Å². The first-order valence-corrected chi connectivity index (χ1v) is 20.2. The van der Waals surface area contributed by atoms with Crippen molar-refractivity contribution >= 4 is 60.2 Å². The third-order valence-corrected chi connectivity index (χ3v) is 10.8. The van der Waals surface area contributed by atoms with Crippen molar-refractivity contribution in [1.82, 2.24) is 0 Å². The van der Waals surface area contributed by atoms with Gasteiger partial charge in [0.25, 0.3) is 0 Å². The highest BCUT2D eigenvalue weighted by molar-refractivity contribution is 6.14. The van der Waals surface area contributed by atoms with Crippen LogP contribution in [0.25, 0.3) is 82.5 Å². The number of fused-ring (bicyclic) bond motifs is 6. The van der Waals surface area contributed by atoms with Crippen molar-refractivity contribution in [3.05, 3.63) is 211 Å². The summed E-state index contributed by atoms with van der Waals surface area (Å²) >= 11 is 0. The third kappa shape index (κ3) is 7.88. The average molecular weight is 737 g/mol. The smallest absolute Gasteiger partial charge is 0.143 e. The molecule has 9 aromatic rings. The molecule has 0 aliphatic rings. The molecule has 0 N–H and O–H groups in total. The minimum Gasteiger partial charge on any atom is -0.455 e. The predicted octanol–water partition coefficient (Wildman–Crippen LogP) is 16.6. The summed E-state index contributed by atoms with van der Waals surface area (Å²) in [5.41, 5.74) is 14.2. The van der Waals surface area contributed by atoms with Gasteiger partial charge in [-0.2, -0.15) is 0 Å². The van der Waals surface area contributed by atoms with E-state index in [-0.39, 0.29) is 0 Å². The van der Waals surface area contributed by atoms with Crippen LogP contribution in [0.3, 0.4) is 0 Å². The maximum Gasteiger partial charge on any atom is 0.143 e. The van der Waals surface area contributed by atoms with Gasteiger partial charge in [0.1, 0.15) is 11.2 Å². The number of hydrogen-bond donors (Lipinski definition) is 0. The molecule has 0 aliphatic carbocycles. The number of hydrogen-bond acceptors (Lipinski definition) is 1. The van der Waals surface area contributed by atoms with Crippen molar-refractivity contribution in [2.45, 2.75) is 40.0 Å². The Bertz CT molecular complexity index is 2880. The van der Waals surface area contributed by atoms with Gasteiger partial charge in [-0.3, -0.25) is 0 Å². The summed E-state index contributed by atoms with van der Waals surface area (Å²) in [5.74, 6) is 0. The number of para-hydroxylation sites is 2. The number of furan rings is 1. The van der Waals surface area contributed by atoms with Gasteiger partial charge in [-0.05, 0) is 98.0 Å². The van der Waals surface area contributed by atoms with E-state index in [2.05, 4.69) is 178 Å². The predicted molar refractivity (Wildman–Crippen MR) is 248 cm³/mol. The van der Waals surface area contributed by atoms with Crippen molar-refractivity contribution in [2.24, 2.45) is 0 Å². The van der Waals surface area contributed by atoms with Crippen molar-refractivity contribution in [1.29, 1.82) is 0 Å². The zero-order valence-corrected chi connectivity index (χ0v) is 33.1. The molecule has 0 spiro atoms. The van der Waals surface area contributed by atoms with Crippen LogP contribution in [-0.2, 0) is 0 Å². The lowest BCUT2D eigenvalue weighted by atomic mass is 9.91. The lowest BCUT2D eigenvalue weighted by Crippen LogP contribution is -1.90. The standard InChI is InChI=1S/C47H38O.C9H10/c1-3-12-36(32-22-26-34(27-23-32)40-19-11-20-44-43-18-9-10-21-46(43)48-47(40)44)30-37(13-4-2)33-24-28-35(29-25-33)45-31-38-14-5-6-15-39(38)41-16-7-8-17-42(41)45;1-8(2)9-6-4-3-5-7-9/h5-11,13-31H,3-4,12H2,1-2H3;3-7H,1H2,2H3/b36-30+,37-13-;. The van der Waals surface area contributed by atoms with E-state index in [0.29, 0.717) is 0 Å². The molecule has 0 fully saturated rings. The number of benzene rings is 8. The van der Waals surface area contributed by atoms with Crippen LogP contribution in [0, 0.1) is 0 Å². The Morgan fingerprint density at radius 2 is 1.12 bits per heavy atom. The molecule has 0 amide bonds. The Hall–Kier alpha value is -6.70. The quantitative estimate of drug-likeness (QED) is 0.106. The summed E-state index contributed by atoms with van der Waals surface area (Å²) in [6.45, 7) is 10.3. The van der Waals surface area contributed by atoms with Gasteiger partial charge in [0.05, 0.1) is 0 Å². The summed E-state index contributed by atoms with van der Waals surface area (Å²) in [6.07, 6.45) is 7.83. The topological polar surface area (TPSA) is 13.1 Å². The fourth-order valence-corrected chi connectivity index (χ4v) is 7.93. The molecule has 1 heteroatoms. The average Bonchev–Trinajstić information content (AvgIpc) is 3.65. The van der Waals surface area contributed by atoms with E-state index >= 15 is 0 Å². The minimum absolute atomic E-state index is 0.929. The fraction of sp³-hybridized carbons (Fsp3) is 0.107. The van der Waals surface area contributed by atoms with E-state index in [1.807, 2.05) is 37.3 Å². The Morgan fingerprint density at radius 1 is 0.526 bits per heavy atom. The molecule has 0 atom stereocenters. The first-order chi connectivity index (χ1) is 28.0. The molecule has 0 saturated heterocycles. The van der Waals surface area contributed by atoms with E-state index in [9.17, 15) is 0 Å². The highest BCUT2D eigenvalue weighted by Gasteiger charge is 2.13. The minimum atomic E-state index is 0.929. The van der Waals surface area contributed by atoms with Crippen molar-refractivity contribution in [3.8, 4) is 22.3 Å². The molecule has 278 valence electrons. The van der Waals surface area contributed by atoms with E-state index in [0.717, 1.165) is 52.3 Å². The van der Waals surface area contributed by atoms with Gasteiger partial charge in [0.2, 0.25) is 0 Å². The molecule has 0 bridgehead atoms. The number of allylic oxidation sites excluding steroid dienone is 5. The van der Waals surface area contributed by atoms with Gasteiger partial charge >= 0.3 is 0 Å². The third-order valence-electron chi connectivity index (χ3n) is 10.8. The van der Waals surface area contributed by atoms with Crippen molar-refractivity contribution < 1.29 is 4.42 Å². The molecule has 1 heterocycles. The van der Waals surface area contributed by atoms with Gasteiger partial charge in [-0.15, -0.1) is 0 Å². The molecule has 1 nitrogen and oxygen atoms in total. The van der Waals surface area contributed by atoms with Crippen LogP contribution in [0.2, 0.25) is 0 Å². The first-order valence-electron chi connectivity index (χ1n) is 20.2. The van der Waals surface area contributed by atoms with Crippen LogP contribution in [0.5, 0.6) is 0 Å². The normalized spacial score (nSPS) is 11.9. The Labute approximate surface area is 336 Å². The Kier molecular flexibility index (Phi) is 11.1. The van der Waals surface area contributed by atoms with E-state index in [4.69, 9.17) is 4.42 Å². The van der Waals surface area contributed by atoms with Gasteiger partial charge in [-0.1, -0.05) is 208 Å². The van der Waals surface area contributed by atoms with Gasteiger partial charge in [0.15, 0.2) is 0 Å². The highest BCUT2D eigenvalue weighted by Crippen LogP contribution is 2.38. The Balaban J connectivity index is 0.000000448. The molecule has 0 aliphatic heterocycles. The van der Waals surface area contributed by atoms with Crippen LogP contribution >= 0.6 is 0 Å². The largest absolute Gasteiger partial charge is 0.455 e. The summed E-state index contributed by atoms with van der Waals surface area (Å²) in [6, 6.07) is 62.9. The lowest BCUT2D eigenvalue weighted by molar-refractivity contribution is 0.670. The monoisotopic (exact) mass is 736 g/mol. The van der Waals surface area contributed by atoms with Crippen LogP contribution in [0.4, 0.5) is 0 Å². The summed E-state index contributed by atoms with van der Waals surface area (Å²) in [5, 5.41) is 7.48. The summed E-state index contributed by atoms with van der Waals surface area (Å²) in [4.78, 5) is 0. The maximum absolute atomic E-state index is 6.34. The van der Waals surface area contributed by atoms with Crippen molar-refractivity contribution in [3.63, 3.8) is 0 Å². The lowest BCUT2D eigenvalue weighted by Gasteiger charge is -2.13. The number of rotatable bonds is 9. The molecule has 0 saturated carbocycles. The second kappa shape index (κ2) is 17.0. The molecule has 1 aromatic heterocycles. The summed E-state index contributed by atoms with van der Waals surface area (Å²) < 4.78 is 6.34. The molecule has 8 aromatic carbocycles. The van der Waals surface area contributed by atoms with E-state index < -0.39 is 0 Å². The van der Waals surface area contributed by atoms with Gasteiger partial charge < -0.3 is 4.42 Å². The van der Waals surface area contributed by atoms with Gasteiger partial charge in [0, 0.05) is 16.3 Å². The van der Waals surface area contributed by atoms with Crippen molar-refractivity contribution in [2.75, 3.05) is 0 Å². The molecular formula is C56H48O. The van der Waals surface area contributed by atoms with Crippen LogP contribution in [-0.4, -0.2) is 0 Å². The van der Waals surface area contributed by atoms with Crippen LogP contribution < -0.4 is 0 Å². The molecule has 57 heavy (non-hydrogen) atoms. The second-order valence-corrected chi connectivity index (χ2v) is 14.8. The first kappa shape index (κ1) is 37.2. The van der Waals surface area contributed by atoms with E-state index in [1.165, 1.54) is 66.1 Å². The molecule has 0 unspecified atom stereocenters. The SMILES string of the molecule is C=C(C)c1ccccc1.CC/C=C(/C=C(\CCC)c1ccc(-c2cccc3c2oc2ccccc23)cc1)c1ccc(-c2cc3ccccc3c3ccccc23)cc1. The molecule has 9 rings (SSSR count). The zero-order valence-electron chi connectivity index (χ0n) is 33.1.